The van der Waals surface area contributed by atoms with E-state index in [-0.39, 0.29) is 5.97 Å². The van der Waals surface area contributed by atoms with Crippen molar-refractivity contribution in [2.75, 3.05) is 33.3 Å². The Balaban J connectivity index is 2.16. The first-order valence-electron chi connectivity index (χ1n) is 7.14. The van der Waals surface area contributed by atoms with E-state index in [0.717, 1.165) is 25.4 Å². The zero-order chi connectivity index (χ0) is 13.4. The molecule has 1 aliphatic rings. The van der Waals surface area contributed by atoms with Gasteiger partial charge in [0.15, 0.2) is 0 Å². The molecule has 106 valence electrons. The van der Waals surface area contributed by atoms with Crippen LogP contribution in [0.25, 0.3) is 0 Å². The molecule has 1 fully saturated rings. The highest BCUT2D eigenvalue weighted by molar-refractivity contribution is 5.69. The van der Waals surface area contributed by atoms with Crippen molar-refractivity contribution in [3.63, 3.8) is 0 Å². The van der Waals surface area contributed by atoms with Gasteiger partial charge in [0.25, 0.3) is 0 Å². The van der Waals surface area contributed by atoms with Gasteiger partial charge in [-0.1, -0.05) is 13.8 Å². The Morgan fingerprint density at radius 3 is 2.94 bits per heavy atom. The van der Waals surface area contributed by atoms with E-state index in [1.807, 2.05) is 0 Å². The van der Waals surface area contributed by atoms with Crippen molar-refractivity contribution in [2.45, 2.75) is 45.6 Å². The monoisotopic (exact) mass is 256 g/mol. The molecule has 0 radical (unpaired) electrons. The highest BCUT2D eigenvalue weighted by atomic mass is 16.5. The van der Waals surface area contributed by atoms with E-state index in [2.05, 4.69) is 28.8 Å². The molecule has 1 rings (SSSR count). The van der Waals surface area contributed by atoms with Crippen LogP contribution in [-0.2, 0) is 9.53 Å². The van der Waals surface area contributed by atoms with E-state index in [9.17, 15) is 4.79 Å². The lowest BCUT2D eigenvalue weighted by Gasteiger charge is -2.33. The summed E-state index contributed by atoms with van der Waals surface area (Å²) in [5.41, 5.74) is 0. The summed E-state index contributed by atoms with van der Waals surface area (Å²) < 4.78 is 4.66. The van der Waals surface area contributed by atoms with Crippen LogP contribution in [0, 0.1) is 5.92 Å². The number of rotatable bonds is 7. The first-order valence-corrected chi connectivity index (χ1v) is 7.14. The van der Waals surface area contributed by atoms with Gasteiger partial charge in [0.05, 0.1) is 7.11 Å². The summed E-state index contributed by atoms with van der Waals surface area (Å²) in [6.45, 7) is 8.87. The van der Waals surface area contributed by atoms with Crippen molar-refractivity contribution < 1.29 is 9.53 Å². The van der Waals surface area contributed by atoms with Crippen LogP contribution in [0.3, 0.4) is 0 Å². The molecule has 0 spiro atoms. The predicted octanol–water partition coefficient (Wildman–Crippen LogP) is 1.65. The van der Waals surface area contributed by atoms with Crippen molar-refractivity contribution in [2.24, 2.45) is 5.92 Å². The zero-order valence-electron chi connectivity index (χ0n) is 12.1. The summed E-state index contributed by atoms with van der Waals surface area (Å²) in [6, 6.07) is 0.569. The minimum absolute atomic E-state index is 0.0926. The molecule has 1 unspecified atom stereocenters. The molecule has 0 aliphatic carbocycles. The van der Waals surface area contributed by atoms with E-state index in [0.29, 0.717) is 12.5 Å². The van der Waals surface area contributed by atoms with Crippen LogP contribution in [0.4, 0.5) is 0 Å². The number of piperidine rings is 1. The molecule has 1 N–H and O–H groups in total. The second kappa shape index (κ2) is 8.48. The van der Waals surface area contributed by atoms with Gasteiger partial charge in [-0.25, -0.2) is 0 Å². The van der Waals surface area contributed by atoms with E-state index in [1.54, 1.807) is 0 Å². The molecule has 0 amide bonds. The van der Waals surface area contributed by atoms with Crippen LogP contribution in [0.1, 0.15) is 39.5 Å². The number of methoxy groups -OCH3 is 1. The lowest BCUT2D eigenvalue weighted by atomic mass is 9.97. The minimum atomic E-state index is -0.0926. The van der Waals surface area contributed by atoms with Gasteiger partial charge >= 0.3 is 5.97 Å². The Bertz CT molecular complexity index is 244. The van der Waals surface area contributed by atoms with E-state index in [1.165, 1.54) is 33.0 Å². The fourth-order valence-corrected chi connectivity index (χ4v) is 2.47. The molecule has 0 aromatic carbocycles. The second-order valence-corrected chi connectivity index (χ2v) is 5.55. The van der Waals surface area contributed by atoms with Gasteiger partial charge in [0.2, 0.25) is 0 Å². The number of hydrogen-bond donors (Lipinski definition) is 1. The fourth-order valence-electron chi connectivity index (χ4n) is 2.47. The standard InChI is InChI=1S/C14H28N2O2/c1-12(2)15-10-13-6-4-8-16(11-13)9-5-7-14(17)18-3/h12-13,15H,4-11H2,1-3H3. The van der Waals surface area contributed by atoms with Crippen molar-refractivity contribution in [3.05, 3.63) is 0 Å². The van der Waals surface area contributed by atoms with Crippen molar-refractivity contribution in [3.8, 4) is 0 Å². The quantitative estimate of drug-likeness (QED) is 0.703. The first kappa shape index (κ1) is 15.4. The highest BCUT2D eigenvalue weighted by Gasteiger charge is 2.19. The van der Waals surface area contributed by atoms with Gasteiger partial charge < -0.3 is 15.0 Å². The maximum atomic E-state index is 11.0. The summed E-state index contributed by atoms with van der Waals surface area (Å²) in [6.07, 6.45) is 4.06. The molecule has 0 aromatic heterocycles. The molecule has 0 bridgehead atoms. The molecule has 4 nitrogen and oxygen atoms in total. The SMILES string of the molecule is COC(=O)CCCN1CCCC(CNC(C)C)C1. The van der Waals surface area contributed by atoms with Gasteiger partial charge in [0.1, 0.15) is 0 Å². The van der Waals surface area contributed by atoms with Crippen LogP contribution >= 0.6 is 0 Å². The molecule has 0 saturated carbocycles. The molecule has 1 atom stereocenters. The summed E-state index contributed by atoms with van der Waals surface area (Å²) in [4.78, 5) is 13.5. The molecular weight excluding hydrogens is 228 g/mol. The summed E-state index contributed by atoms with van der Waals surface area (Å²) >= 11 is 0. The summed E-state index contributed by atoms with van der Waals surface area (Å²) in [5, 5.41) is 3.52. The van der Waals surface area contributed by atoms with E-state index < -0.39 is 0 Å². The number of hydrogen-bond acceptors (Lipinski definition) is 4. The summed E-state index contributed by atoms with van der Waals surface area (Å²) in [7, 11) is 1.46. The first-order chi connectivity index (χ1) is 8.61. The second-order valence-electron chi connectivity index (χ2n) is 5.55. The molecular formula is C14H28N2O2. The van der Waals surface area contributed by atoms with Crippen molar-refractivity contribution in [1.82, 2.24) is 10.2 Å². The van der Waals surface area contributed by atoms with Crippen LogP contribution in [0.15, 0.2) is 0 Å². The normalized spacial score (nSPS) is 21.2. The molecule has 4 heteroatoms. The average Bonchev–Trinajstić information content (AvgIpc) is 2.36. The number of likely N-dealkylation sites (tertiary alicyclic amines) is 1. The average molecular weight is 256 g/mol. The topological polar surface area (TPSA) is 41.6 Å². The molecule has 1 aliphatic heterocycles. The molecule has 1 saturated heterocycles. The maximum absolute atomic E-state index is 11.0. The van der Waals surface area contributed by atoms with Gasteiger partial charge in [-0.2, -0.15) is 0 Å². The molecule has 18 heavy (non-hydrogen) atoms. The van der Waals surface area contributed by atoms with Crippen LogP contribution in [0.5, 0.6) is 0 Å². The summed E-state index contributed by atoms with van der Waals surface area (Å²) in [5.74, 6) is 0.671. The predicted molar refractivity (Wildman–Crippen MR) is 73.6 cm³/mol. The fraction of sp³-hybridized carbons (Fsp3) is 0.929. The van der Waals surface area contributed by atoms with E-state index in [4.69, 9.17) is 0 Å². The smallest absolute Gasteiger partial charge is 0.305 e. The number of carbonyl (C=O) groups is 1. The van der Waals surface area contributed by atoms with E-state index >= 15 is 0 Å². The van der Waals surface area contributed by atoms with Gasteiger partial charge in [0, 0.05) is 19.0 Å². The molecule has 1 heterocycles. The molecule has 0 aromatic rings. The number of nitrogens with one attached hydrogen (secondary N) is 1. The Morgan fingerprint density at radius 2 is 2.28 bits per heavy atom. The zero-order valence-corrected chi connectivity index (χ0v) is 12.1. The third-order valence-corrected chi connectivity index (χ3v) is 3.50. The third kappa shape index (κ3) is 6.36. The van der Waals surface area contributed by atoms with Crippen LogP contribution in [0.2, 0.25) is 0 Å². The van der Waals surface area contributed by atoms with Crippen LogP contribution in [-0.4, -0.2) is 50.2 Å². The maximum Gasteiger partial charge on any atom is 0.305 e. The Kier molecular flexibility index (Phi) is 7.28. The lowest BCUT2D eigenvalue weighted by molar-refractivity contribution is -0.140. The number of ether oxygens (including phenoxy) is 1. The Labute approximate surface area is 111 Å². The Morgan fingerprint density at radius 1 is 1.50 bits per heavy atom. The van der Waals surface area contributed by atoms with Gasteiger partial charge in [-0.05, 0) is 44.8 Å². The van der Waals surface area contributed by atoms with Gasteiger partial charge in [-0.15, -0.1) is 0 Å². The Hall–Kier alpha value is -0.610. The number of nitrogens with zero attached hydrogens (tertiary/aromatic N) is 1. The number of esters is 1. The van der Waals surface area contributed by atoms with Gasteiger partial charge in [-0.3, -0.25) is 4.79 Å². The third-order valence-electron chi connectivity index (χ3n) is 3.50. The number of carbonyl (C=O) groups excluding carboxylic acids is 1. The lowest BCUT2D eigenvalue weighted by Crippen LogP contribution is -2.41. The minimum Gasteiger partial charge on any atom is -0.469 e. The van der Waals surface area contributed by atoms with Crippen molar-refractivity contribution >= 4 is 5.97 Å². The largest absolute Gasteiger partial charge is 0.469 e. The van der Waals surface area contributed by atoms with Crippen molar-refractivity contribution in [1.29, 1.82) is 0 Å². The highest BCUT2D eigenvalue weighted by Crippen LogP contribution is 2.16. The van der Waals surface area contributed by atoms with Crippen LogP contribution < -0.4 is 5.32 Å².